The number of rotatable bonds is 7. The SMILES string of the molecule is O=C(Cn1ccc2ccccc21)NCCN1CCC(Oc2ccc(Cl)c(Cl)c2)CC1. The van der Waals surface area contributed by atoms with Gasteiger partial charge in [0.1, 0.15) is 18.4 Å². The molecule has 5 nitrogen and oxygen atoms in total. The first-order valence-corrected chi connectivity index (χ1v) is 11.0. The maximum atomic E-state index is 12.3. The van der Waals surface area contributed by atoms with E-state index in [0.29, 0.717) is 23.1 Å². The summed E-state index contributed by atoms with van der Waals surface area (Å²) in [5, 5.41) is 5.23. The Morgan fingerprint density at radius 2 is 1.87 bits per heavy atom. The summed E-state index contributed by atoms with van der Waals surface area (Å²) in [4.78, 5) is 14.7. The number of carbonyl (C=O) groups excluding carboxylic acids is 1. The zero-order valence-corrected chi connectivity index (χ0v) is 18.2. The Morgan fingerprint density at radius 1 is 1.07 bits per heavy atom. The van der Waals surface area contributed by atoms with Gasteiger partial charge in [-0.25, -0.2) is 0 Å². The molecule has 2 aromatic carbocycles. The lowest BCUT2D eigenvalue weighted by Crippen LogP contribution is -2.42. The minimum Gasteiger partial charge on any atom is -0.490 e. The van der Waals surface area contributed by atoms with E-state index >= 15 is 0 Å². The van der Waals surface area contributed by atoms with Gasteiger partial charge in [0.2, 0.25) is 5.91 Å². The molecule has 1 fully saturated rings. The average Bonchev–Trinajstić information content (AvgIpc) is 3.15. The second-order valence-corrected chi connectivity index (χ2v) is 8.40. The van der Waals surface area contributed by atoms with Gasteiger partial charge in [0.05, 0.1) is 10.0 Å². The van der Waals surface area contributed by atoms with E-state index in [0.717, 1.165) is 49.1 Å². The third kappa shape index (κ3) is 5.28. The van der Waals surface area contributed by atoms with Crippen LogP contribution in [0.15, 0.2) is 54.7 Å². The molecule has 1 amide bonds. The summed E-state index contributed by atoms with van der Waals surface area (Å²) in [5.41, 5.74) is 1.08. The zero-order chi connectivity index (χ0) is 20.9. The highest BCUT2D eigenvalue weighted by atomic mass is 35.5. The molecule has 0 spiro atoms. The van der Waals surface area contributed by atoms with Crippen molar-refractivity contribution < 1.29 is 9.53 Å². The predicted octanol–water partition coefficient (Wildman–Crippen LogP) is 4.61. The number of benzene rings is 2. The normalized spacial score (nSPS) is 15.4. The van der Waals surface area contributed by atoms with Crippen LogP contribution in [0.4, 0.5) is 0 Å². The van der Waals surface area contributed by atoms with Gasteiger partial charge >= 0.3 is 0 Å². The summed E-state index contributed by atoms with van der Waals surface area (Å²) in [6.07, 6.45) is 4.03. The lowest BCUT2D eigenvalue weighted by Gasteiger charge is -2.32. The number of para-hydroxylation sites is 1. The quantitative estimate of drug-likeness (QED) is 0.577. The number of piperidine rings is 1. The zero-order valence-electron chi connectivity index (χ0n) is 16.7. The Hall–Kier alpha value is -2.21. The number of hydrogen-bond acceptors (Lipinski definition) is 3. The average molecular weight is 446 g/mol. The summed E-state index contributed by atoms with van der Waals surface area (Å²) < 4.78 is 8.02. The summed E-state index contributed by atoms with van der Waals surface area (Å²) >= 11 is 12.0. The Bertz CT molecular complexity index is 1010. The molecule has 0 radical (unpaired) electrons. The van der Waals surface area contributed by atoms with Gasteiger partial charge < -0.3 is 19.5 Å². The van der Waals surface area contributed by atoms with Gasteiger partial charge in [0, 0.05) is 44.0 Å². The molecule has 1 aliphatic heterocycles. The van der Waals surface area contributed by atoms with Crippen LogP contribution in [0, 0.1) is 0 Å². The molecule has 0 saturated carbocycles. The molecule has 1 saturated heterocycles. The van der Waals surface area contributed by atoms with E-state index in [2.05, 4.69) is 16.3 Å². The van der Waals surface area contributed by atoms with Gasteiger partial charge in [-0.3, -0.25) is 4.79 Å². The Balaban J connectivity index is 1.17. The molecule has 30 heavy (non-hydrogen) atoms. The molecular formula is C23H25Cl2N3O2. The van der Waals surface area contributed by atoms with E-state index in [9.17, 15) is 4.79 Å². The van der Waals surface area contributed by atoms with Crippen molar-refractivity contribution in [1.82, 2.24) is 14.8 Å². The number of carbonyl (C=O) groups is 1. The molecule has 1 aliphatic rings. The fourth-order valence-corrected chi connectivity index (χ4v) is 4.12. The van der Waals surface area contributed by atoms with Gasteiger partial charge in [0.15, 0.2) is 0 Å². The monoisotopic (exact) mass is 445 g/mol. The van der Waals surface area contributed by atoms with Gasteiger partial charge in [-0.1, -0.05) is 41.4 Å². The topological polar surface area (TPSA) is 46.5 Å². The summed E-state index contributed by atoms with van der Waals surface area (Å²) in [6.45, 7) is 3.73. The Kier molecular flexibility index (Phi) is 6.82. The fourth-order valence-electron chi connectivity index (χ4n) is 3.84. The summed E-state index contributed by atoms with van der Waals surface area (Å²) in [7, 11) is 0. The highest BCUT2D eigenvalue weighted by Gasteiger charge is 2.20. The van der Waals surface area contributed by atoms with Crippen LogP contribution >= 0.6 is 23.2 Å². The molecule has 0 unspecified atom stereocenters. The van der Waals surface area contributed by atoms with Crippen molar-refractivity contribution in [2.75, 3.05) is 26.2 Å². The minimum atomic E-state index is 0.0363. The molecule has 0 aliphatic carbocycles. The van der Waals surface area contributed by atoms with Crippen LogP contribution in [0.5, 0.6) is 5.75 Å². The first-order valence-electron chi connectivity index (χ1n) is 10.2. The third-order valence-corrected chi connectivity index (χ3v) is 6.21. The third-order valence-electron chi connectivity index (χ3n) is 5.47. The number of hydrogen-bond donors (Lipinski definition) is 1. The van der Waals surface area contributed by atoms with Crippen molar-refractivity contribution in [3.8, 4) is 5.75 Å². The molecule has 3 aromatic rings. The first kappa shape index (κ1) is 21.0. The summed E-state index contributed by atoms with van der Waals surface area (Å²) in [5.74, 6) is 0.793. The van der Waals surface area contributed by atoms with E-state index in [1.165, 1.54) is 0 Å². The van der Waals surface area contributed by atoms with E-state index in [1.54, 1.807) is 12.1 Å². The second-order valence-electron chi connectivity index (χ2n) is 7.59. The van der Waals surface area contributed by atoms with Crippen LogP contribution < -0.4 is 10.1 Å². The molecule has 4 rings (SSSR count). The molecular weight excluding hydrogens is 421 g/mol. The predicted molar refractivity (Wildman–Crippen MR) is 121 cm³/mol. The standard InChI is InChI=1S/C23H25Cl2N3O2/c24-20-6-5-19(15-21(20)25)30-18-8-11-27(12-9-18)14-10-26-23(29)16-28-13-7-17-3-1-2-4-22(17)28/h1-7,13,15,18H,8-12,14,16H2,(H,26,29). The van der Waals surface area contributed by atoms with Crippen LogP contribution in [0.25, 0.3) is 10.9 Å². The van der Waals surface area contributed by atoms with Crippen LogP contribution in [-0.2, 0) is 11.3 Å². The molecule has 1 aromatic heterocycles. The van der Waals surface area contributed by atoms with Gasteiger partial charge in [-0.2, -0.15) is 0 Å². The maximum Gasteiger partial charge on any atom is 0.239 e. The summed E-state index contributed by atoms with van der Waals surface area (Å²) in [6, 6.07) is 15.5. The molecule has 2 heterocycles. The lowest BCUT2D eigenvalue weighted by atomic mass is 10.1. The number of nitrogens with zero attached hydrogens (tertiary/aromatic N) is 2. The number of nitrogens with one attached hydrogen (secondary N) is 1. The smallest absolute Gasteiger partial charge is 0.239 e. The van der Waals surface area contributed by atoms with Crippen LogP contribution in [0.2, 0.25) is 10.0 Å². The van der Waals surface area contributed by atoms with E-state index in [4.69, 9.17) is 27.9 Å². The van der Waals surface area contributed by atoms with E-state index < -0.39 is 0 Å². The van der Waals surface area contributed by atoms with Crippen LogP contribution in [0.1, 0.15) is 12.8 Å². The number of fused-ring (bicyclic) bond motifs is 1. The minimum absolute atomic E-state index is 0.0363. The van der Waals surface area contributed by atoms with Crippen LogP contribution in [0.3, 0.4) is 0 Å². The van der Waals surface area contributed by atoms with Gasteiger partial charge in [0.25, 0.3) is 0 Å². The largest absolute Gasteiger partial charge is 0.490 e. The molecule has 0 atom stereocenters. The van der Waals surface area contributed by atoms with Crippen molar-refractivity contribution in [2.24, 2.45) is 0 Å². The Morgan fingerprint density at radius 3 is 2.67 bits per heavy atom. The fraction of sp³-hybridized carbons (Fsp3) is 0.348. The molecule has 0 bridgehead atoms. The Labute approximate surface area is 186 Å². The van der Waals surface area contributed by atoms with Crippen molar-refractivity contribution in [3.63, 3.8) is 0 Å². The lowest BCUT2D eigenvalue weighted by molar-refractivity contribution is -0.121. The van der Waals surface area contributed by atoms with Crippen molar-refractivity contribution in [3.05, 3.63) is 64.8 Å². The van der Waals surface area contributed by atoms with Gasteiger partial charge in [-0.15, -0.1) is 0 Å². The van der Waals surface area contributed by atoms with Crippen LogP contribution in [-0.4, -0.2) is 47.7 Å². The van der Waals surface area contributed by atoms with Crippen molar-refractivity contribution in [1.29, 1.82) is 0 Å². The first-order chi connectivity index (χ1) is 14.6. The van der Waals surface area contributed by atoms with Gasteiger partial charge in [-0.05, 0) is 42.5 Å². The molecule has 158 valence electrons. The number of halogens is 2. The number of aromatic nitrogens is 1. The van der Waals surface area contributed by atoms with Crippen molar-refractivity contribution >= 4 is 40.0 Å². The van der Waals surface area contributed by atoms with E-state index in [-0.39, 0.29) is 12.0 Å². The number of ether oxygens (including phenoxy) is 1. The molecule has 7 heteroatoms. The molecule has 1 N–H and O–H groups in total. The van der Waals surface area contributed by atoms with E-state index in [1.807, 2.05) is 41.1 Å². The highest BCUT2D eigenvalue weighted by Crippen LogP contribution is 2.28. The second kappa shape index (κ2) is 9.73. The number of likely N-dealkylation sites (tertiary alicyclic amines) is 1. The maximum absolute atomic E-state index is 12.3. The highest BCUT2D eigenvalue weighted by molar-refractivity contribution is 6.42. The van der Waals surface area contributed by atoms with Crippen molar-refractivity contribution in [2.45, 2.75) is 25.5 Å². The number of amides is 1.